The fourth-order valence-corrected chi connectivity index (χ4v) is 9.34. The topological polar surface area (TPSA) is 21.3 Å². The number of anilines is 3. The quantitative estimate of drug-likeness (QED) is 0.153. The van der Waals surface area contributed by atoms with Crippen molar-refractivity contribution in [1.82, 2.24) is 4.57 Å². The molecule has 0 atom stereocenters. The van der Waals surface area contributed by atoms with Gasteiger partial charge in [0, 0.05) is 44.3 Å². The molecule has 0 fully saturated rings. The number of aromatic nitrogens is 1. The molecule has 2 heterocycles. The second-order valence-electron chi connectivity index (χ2n) is 16.2. The van der Waals surface area contributed by atoms with E-state index < -0.39 is 0 Å². The summed E-state index contributed by atoms with van der Waals surface area (Å²) in [4.78, 5) is 2.36. The summed E-state index contributed by atoms with van der Waals surface area (Å²) in [5.74, 6) is 0. The first kappa shape index (κ1) is 36.5. The van der Waals surface area contributed by atoms with Gasteiger partial charge in [-0.25, -0.2) is 0 Å². The maximum atomic E-state index is 6.30. The van der Waals surface area contributed by atoms with Crippen LogP contribution in [0.1, 0.15) is 0 Å². The molecule has 2 aromatic heterocycles. The minimum Gasteiger partial charge on any atom is -0.456 e. The molecule has 0 amide bonds. The van der Waals surface area contributed by atoms with Gasteiger partial charge in [0.05, 0.1) is 11.0 Å². The number of para-hydroxylation sites is 3. The van der Waals surface area contributed by atoms with Crippen molar-refractivity contribution in [3.05, 3.63) is 243 Å². The normalized spacial score (nSPS) is 11.5. The summed E-state index contributed by atoms with van der Waals surface area (Å²) in [7, 11) is 0. The van der Waals surface area contributed by atoms with Crippen LogP contribution in [0, 0.1) is 0 Å². The van der Waals surface area contributed by atoms with Gasteiger partial charge in [-0.05, 0) is 129 Å². The van der Waals surface area contributed by atoms with Gasteiger partial charge in [0.15, 0.2) is 0 Å². The summed E-state index contributed by atoms with van der Waals surface area (Å²) in [5, 5.41) is 4.79. The monoisotopic (exact) mass is 804 g/mol. The molecule has 0 bridgehead atoms. The first-order valence-electron chi connectivity index (χ1n) is 21.5. The zero-order valence-electron chi connectivity index (χ0n) is 34.4. The molecule has 0 saturated heterocycles. The van der Waals surface area contributed by atoms with Crippen LogP contribution in [0.3, 0.4) is 0 Å². The zero-order chi connectivity index (χ0) is 41.7. The van der Waals surface area contributed by atoms with Crippen LogP contribution in [0.4, 0.5) is 17.1 Å². The van der Waals surface area contributed by atoms with Gasteiger partial charge in [0.2, 0.25) is 0 Å². The van der Waals surface area contributed by atoms with Gasteiger partial charge in [-0.2, -0.15) is 0 Å². The number of fused-ring (bicyclic) bond motifs is 6. The van der Waals surface area contributed by atoms with Crippen LogP contribution in [0.25, 0.3) is 93.9 Å². The average Bonchev–Trinajstić information content (AvgIpc) is 3.90. The van der Waals surface area contributed by atoms with Crippen LogP contribution in [0.2, 0.25) is 0 Å². The van der Waals surface area contributed by atoms with Crippen LogP contribution in [-0.2, 0) is 0 Å². The smallest absolute Gasteiger partial charge is 0.136 e. The Morgan fingerprint density at radius 2 is 0.730 bits per heavy atom. The summed E-state index contributed by atoms with van der Waals surface area (Å²) in [6, 6.07) is 87.2. The fourth-order valence-electron chi connectivity index (χ4n) is 9.34. The van der Waals surface area contributed by atoms with Crippen molar-refractivity contribution < 1.29 is 4.42 Å². The molecule has 10 aromatic carbocycles. The van der Waals surface area contributed by atoms with Gasteiger partial charge in [0.1, 0.15) is 11.2 Å². The Labute approximate surface area is 366 Å². The second-order valence-corrected chi connectivity index (χ2v) is 16.2. The summed E-state index contributed by atoms with van der Waals surface area (Å²) in [6.45, 7) is 0. The Balaban J connectivity index is 0.911. The van der Waals surface area contributed by atoms with E-state index in [-0.39, 0.29) is 0 Å². The van der Waals surface area contributed by atoms with E-state index in [0.717, 1.165) is 61.4 Å². The third kappa shape index (κ3) is 6.55. The van der Waals surface area contributed by atoms with E-state index >= 15 is 0 Å². The number of nitrogens with zero attached hydrogens (tertiary/aromatic N) is 2. The third-order valence-electron chi connectivity index (χ3n) is 12.4. The van der Waals surface area contributed by atoms with Crippen LogP contribution in [0.5, 0.6) is 0 Å². The van der Waals surface area contributed by atoms with E-state index in [0.29, 0.717) is 0 Å². The van der Waals surface area contributed by atoms with Gasteiger partial charge in [-0.15, -0.1) is 0 Å². The highest BCUT2D eigenvalue weighted by atomic mass is 16.3. The van der Waals surface area contributed by atoms with Crippen molar-refractivity contribution in [3.8, 4) is 50.2 Å². The maximum absolute atomic E-state index is 6.30. The second kappa shape index (κ2) is 15.3. The summed E-state index contributed by atoms with van der Waals surface area (Å²) in [5.41, 5.74) is 17.8. The summed E-state index contributed by atoms with van der Waals surface area (Å²) in [6.07, 6.45) is 0. The van der Waals surface area contributed by atoms with Gasteiger partial charge in [-0.3, -0.25) is 0 Å². The van der Waals surface area contributed by atoms with E-state index in [1.807, 2.05) is 12.1 Å². The van der Waals surface area contributed by atoms with Crippen LogP contribution < -0.4 is 4.90 Å². The van der Waals surface area contributed by atoms with E-state index in [4.69, 9.17) is 4.42 Å². The Hall–Kier alpha value is -8.40. The molecule has 296 valence electrons. The molecule has 12 aromatic rings. The van der Waals surface area contributed by atoms with Crippen molar-refractivity contribution in [2.75, 3.05) is 4.90 Å². The first-order chi connectivity index (χ1) is 31.2. The SMILES string of the molecule is c1ccc(-c2cccc(N(c3ccc(-c4cccc(-c5cccc(-n6c7ccccc7c7ccccc76)c5)c4)cc3)c3cccc(-c4ccc5c(c4)oc4ccccc45)c3)c2)cc1. The summed E-state index contributed by atoms with van der Waals surface area (Å²) < 4.78 is 8.69. The lowest BCUT2D eigenvalue weighted by molar-refractivity contribution is 0.669. The van der Waals surface area contributed by atoms with Crippen molar-refractivity contribution in [2.45, 2.75) is 0 Å². The largest absolute Gasteiger partial charge is 0.456 e. The average molecular weight is 805 g/mol. The predicted molar refractivity (Wildman–Crippen MR) is 264 cm³/mol. The molecule has 0 saturated carbocycles. The van der Waals surface area contributed by atoms with Gasteiger partial charge in [-0.1, -0.05) is 158 Å². The van der Waals surface area contributed by atoms with E-state index in [2.05, 4.69) is 240 Å². The first-order valence-corrected chi connectivity index (χ1v) is 21.5. The van der Waals surface area contributed by atoms with Crippen molar-refractivity contribution in [1.29, 1.82) is 0 Å². The van der Waals surface area contributed by atoms with Gasteiger partial charge < -0.3 is 13.9 Å². The predicted octanol–water partition coefficient (Wildman–Crippen LogP) is 16.8. The molecule has 0 N–H and O–H groups in total. The number of benzene rings is 10. The fraction of sp³-hybridized carbons (Fsp3) is 0. The minimum atomic E-state index is 0.891. The Morgan fingerprint density at radius 1 is 0.270 bits per heavy atom. The molecule has 0 aliphatic rings. The third-order valence-corrected chi connectivity index (χ3v) is 12.4. The molecular weight excluding hydrogens is 765 g/mol. The molecule has 3 heteroatoms. The Morgan fingerprint density at radius 3 is 1.43 bits per heavy atom. The minimum absolute atomic E-state index is 0.891. The maximum Gasteiger partial charge on any atom is 0.136 e. The highest BCUT2D eigenvalue weighted by molar-refractivity contribution is 6.09. The van der Waals surface area contributed by atoms with E-state index in [9.17, 15) is 0 Å². The number of hydrogen-bond donors (Lipinski definition) is 0. The molecule has 3 nitrogen and oxygen atoms in total. The van der Waals surface area contributed by atoms with Crippen molar-refractivity contribution in [3.63, 3.8) is 0 Å². The molecular formula is C60H40N2O. The Kier molecular flexibility index (Phi) is 8.83. The van der Waals surface area contributed by atoms with Crippen molar-refractivity contribution >= 4 is 60.8 Å². The molecule has 12 rings (SSSR count). The van der Waals surface area contributed by atoms with E-state index in [1.165, 1.54) is 49.6 Å². The van der Waals surface area contributed by atoms with E-state index in [1.54, 1.807) is 0 Å². The molecule has 0 aliphatic carbocycles. The van der Waals surface area contributed by atoms with Crippen LogP contribution in [-0.4, -0.2) is 4.57 Å². The highest BCUT2D eigenvalue weighted by Crippen LogP contribution is 2.41. The summed E-state index contributed by atoms with van der Waals surface area (Å²) >= 11 is 0. The lowest BCUT2D eigenvalue weighted by Gasteiger charge is -2.27. The Bertz CT molecular complexity index is 3580. The molecule has 0 spiro atoms. The lowest BCUT2D eigenvalue weighted by Crippen LogP contribution is -2.10. The molecule has 0 radical (unpaired) electrons. The molecule has 0 unspecified atom stereocenters. The molecule has 63 heavy (non-hydrogen) atoms. The number of hydrogen-bond acceptors (Lipinski definition) is 2. The number of rotatable bonds is 8. The lowest BCUT2D eigenvalue weighted by atomic mass is 9.98. The van der Waals surface area contributed by atoms with Gasteiger partial charge in [0.25, 0.3) is 0 Å². The molecule has 0 aliphatic heterocycles. The van der Waals surface area contributed by atoms with Crippen LogP contribution in [0.15, 0.2) is 247 Å². The standard InChI is InChI=1S/C60H40N2O/c1-2-14-41(15-3-1)45-18-11-21-50(37-45)61(51-22-12-20-47(38-51)48-32-35-56-55-26-6-9-29-59(55)63-60(56)40-48)49-33-30-42(31-34-49)43-16-10-17-44(36-43)46-19-13-23-52(39-46)62-57-27-7-4-24-53(57)54-25-5-8-28-58(54)62/h1-40H. The van der Waals surface area contributed by atoms with Gasteiger partial charge >= 0.3 is 0 Å². The van der Waals surface area contributed by atoms with Crippen molar-refractivity contribution in [2.24, 2.45) is 0 Å². The highest BCUT2D eigenvalue weighted by Gasteiger charge is 2.17. The zero-order valence-corrected chi connectivity index (χ0v) is 34.4. The number of furan rings is 1. The van der Waals surface area contributed by atoms with Crippen LogP contribution >= 0.6 is 0 Å².